The molecule has 0 spiro atoms. The molecule has 0 aliphatic rings. The molecule has 1 atom stereocenters. The van der Waals surface area contributed by atoms with E-state index in [0.29, 0.717) is 5.88 Å². The second-order valence-electron chi connectivity index (χ2n) is 3.91. The molecule has 0 heterocycles. The van der Waals surface area contributed by atoms with Crippen LogP contribution >= 0.6 is 11.6 Å². The van der Waals surface area contributed by atoms with Gasteiger partial charge in [0.2, 0.25) is 0 Å². The molecule has 1 unspecified atom stereocenters. The van der Waals surface area contributed by atoms with Crippen LogP contribution in [0.2, 0.25) is 0 Å². The number of carbonyl (C=O) groups is 1. The first-order valence-corrected chi connectivity index (χ1v) is 5.97. The van der Waals surface area contributed by atoms with Crippen LogP contribution in [0.4, 0.5) is 0 Å². The Hall–Kier alpha value is -1.42. The van der Waals surface area contributed by atoms with Crippen molar-refractivity contribution in [2.75, 3.05) is 5.88 Å². The number of phenols is 2. The predicted octanol–water partition coefficient (Wildman–Crippen LogP) is 2.24. The van der Waals surface area contributed by atoms with Crippen LogP contribution in [0, 0.1) is 0 Å². The fourth-order valence-corrected chi connectivity index (χ4v) is 1.62. The first kappa shape index (κ1) is 13.6. The molecule has 0 saturated heterocycles. The minimum atomic E-state index is -0.357. The number of aromatic hydroxyl groups is 2. The molecule has 5 heteroatoms. The molecule has 0 fully saturated rings. The minimum Gasteiger partial charge on any atom is -0.508 e. The summed E-state index contributed by atoms with van der Waals surface area (Å²) >= 11 is 5.56. The summed E-state index contributed by atoms with van der Waals surface area (Å²) < 4.78 is 0. The number of amides is 1. The molecule has 0 bridgehead atoms. The highest BCUT2D eigenvalue weighted by Gasteiger charge is 2.13. The van der Waals surface area contributed by atoms with Crippen molar-refractivity contribution < 1.29 is 15.0 Å². The largest absolute Gasteiger partial charge is 0.508 e. The molecule has 4 nitrogen and oxygen atoms in total. The van der Waals surface area contributed by atoms with Crippen molar-refractivity contribution in [2.24, 2.45) is 0 Å². The van der Waals surface area contributed by atoms with Gasteiger partial charge in [0.05, 0.1) is 5.56 Å². The molecule has 1 aromatic carbocycles. The predicted molar refractivity (Wildman–Crippen MR) is 66.7 cm³/mol. The number of alkyl halides is 1. The van der Waals surface area contributed by atoms with Crippen molar-refractivity contribution in [1.82, 2.24) is 5.32 Å². The molecular formula is C12H16ClNO3. The van der Waals surface area contributed by atoms with E-state index < -0.39 is 0 Å². The number of carbonyl (C=O) groups excluding carboxylic acids is 1. The standard InChI is InChI=1S/C12H16ClNO3/c1-8(3-2-6-13)14-12(17)10-5-4-9(15)7-11(10)16/h4-5,7-8,15-16H,2-3,6H2,1H3,(H,14,17). The third-order valence-electron chi connectivity index (χ3n) is 2.37. The number of nitrogens with one attached hydrogen (secondary N) is 1. The Balaban J connectivity index is 2.63. The third-order valence-corrected chi connectivity index (χ3v) is 2.64. The van der Waals surface area contributed by atoms with E-state index in [-0.39, 0.29) is 29.0 Å². The molecule has 94 valence electrons. The van der Waals surface area contributed by atoms with E-state index in [9.17, 15) is 9.90 Å². The molecule has 1 amide bonds. The van der Waals surface area contributed by atoms with Gasteiger partial charge >= 0.3 is 0 Å². The number of rotatable bonds is 5. The summed E-state index contributed by atoms with van der Waals surface area (Å²) in [6, 6.07) is 3.87. The van der Waals surface area contributed by atoms with E-state index in [4.69, 9.17) is 16.7 Å². The number of halogens is 1. The van der Waals surface area contributed by atoms with Gasteiger partial charge in [-0.1, -0.05) is 0 Å². The Morgan fingerprint density at radius 1 is 1.47 bits per heavy atom. The first-order chi connectivity index (χ1) is 8.04. The summed E-state index contributed by atoms with van der Waals surface area (Å²) in [4.78, 5) is 11.8. The highest BCUT2D eigenvalue weighted by molar-refractivity contribution is 6.17. The van der Waals surface area contributed by atoms with E-state index in [1.807, 2.05) is 6.92 Å². The number of hydrogen-bond acceptors (Lipinski definition) is 3. The normalized spacial score (nSPS) is 12.1. The quantitative estimate of drug-likeness (QED) is 0.709. The maximum Gasteiger partial charge on any atom is 0.255 e. The second-order valence-corrected chi connectivity index (χ2v) is 4.29. The number of phenolic OH excluding ortho intramolecular Hbond substituents is 2. The van der Waals surface area contributed by atoms with Crippen LogP contribution < -0.4 is 5.32 Å². The monoisotopic (exact) mass is 257 g/mol. The molecule has 0 aromatic heterocycles. The van der Waals surface area contributed by atoms with Crippen molar-refractivity contribution in [1.29, 1.82) is 0 Å². The molecule has 3 N–H and O–H groups in total. The van der Waals surface area contributed by atoms with Crippen LogP contribution in [-0.4, -0.2) is 28.0 Å². The van der Waals surface area contributed by atoms with Crippen LogP contribution in [0.1, 0.15) is 30.1 Å². The fourth-order valence-electron chi connectivity index (χ4n) is 1.47. The average Bonchev–Trinajstić information content (AvgIpc) is 2.26. The summed E-state index contributed by atoms with van der Waals surface area (Å²) in [5, 5.41) is 21.4. The van der Waals surface area contributed by atoms with Gasteiger partial charge in [-0.15, -0.1) is 11.6 Å². The van der Waals surface area contributed by atoms with Crippen molar-refractivity contribution in [3.8, 4) is 11.5 Å². The van der Waals surface area contributed by atoms with Crippen molar-refractivity contribution >= 4 is 17.5 Å². The smallest absolute Gasteiger partial charge is 0.255 e. The second kappa shape index (κ2) is 6.35. The van der Waals surface area contributed by atoms with Crippen LogP contribution in [0.3, 0.4) is 0 Å². The van der Waals surface area contributed by atoms with Crippen LogP contribution in [0.5, 0.6) is 11.5 Å². The van der Waals surface area contributed by atoms with Gasteiger partial charge < -0.3 is 15.5 Å². The zero-order chi connectivity index (χ0) is 12.8. The van der Waals surface area contributed by atoms with Crippen LogP contribution in [0.25, 0.3) is 0 Å². The maximum absolute atomic E-state index is 11.8. The van der Waals surface area contributed by atoms with Gasteiger partial charge in [0.25, 0.3) is 5.91 Å². The van der Waals surface area contributed by atoms with Gasteiger partial charge in [-0.3, -0.25) is 4.79 Å². The minimum absolute atomic E-state index is 0.00514. The Morgan fingerprint density at radius 3 is 2.76 bits per heavy atom. The van der Waals surface area contributed by atoms with E-state index in [0.717, 1.165) is 18.9 Å². The summed E-state index contributed by atoms with van der Waals surface area (Å²) in [5.41, 5.74) is 0.153. The number of benzene rings is 1. The van der Waals surface area contributed by atoms with Crippen molar-refractivity contribution in [3.63, 3.8) is 0 Å². The lowest BCUT2D eigenvalue weighted by atomic mass is 10.1. The Kier molecular flexibility index (Phi) is 5.10. The Labute approximate surface area is 105 Å². The van der Waals surface area contributed by atoms with Crippen LogP contribution in [-0.2, 0) is 0 Å². The molecule has 17 heavy (non-hydrogen) atoms. The zero-order valence-corrected chi connectivity index (χ0v) is 10.4. The van der Waals surface area contributed by atoms with Crippen molar-refractivity contribution in [3.05, 3.63) is 23.8 Å². The van der Waals surface area contributed by atoms with Gasteiger partial charge in [-0.05, 0) is 31.9 Å². The molecule has 1 rings (SSSR count). The van der Waals surface area contributed by atoms with Gasteiger partial charge in [-0.2, -0.15) is 0 Å². The fraction of sp³-hybridized carbons (Fsp3) is 0.417. The highest BCUT2D eigenvalue weighted by Crippen LogP contribution is 2.22. The first-order valence-electron chi connectivity index (χ1n) is 5.43. The van der Waals surface area contributed by atoms with E-state index in [1.165, 1.54) is 12.1 Å². The Bertz CT molecular complexity index is 395. The van der Waals surface area contributed by atoms with Gasteiger partial charge in [-0.25, -0.2) is 0 Å². The van der Waals surface area contributed by atoms with Crippen LogP contribution in [0.15, 0.2) is 18.2 Å². The summed E-state index contributed by atoms with van der Waals surface area (Å²) in [5.74, 6) is -0.101. The topological polar surface area (TPSA) is 69.6 Å². The summed E-state index contributed by atoms with van der Waals surface area (Å²) in [6.45, 7) is 1.88. The Morgan fingerprint density at radius 2 is 2.18 bits per heavy atom. The summed E-state index contributed by atoms with van der Waals surface area (Å²) in [6.07, 6.45) is 1.61. The molecular weight excluding hydrogens is 242 g/mol. The lowest BCUT2D eigenvalue weighted by Crippen LogP contribution is -2.32. The SMILES string of the molecule is CC(CCCCl)NC(=O)c1ccc(O)cc1O. The van der Waals surface area contributed by atoms with Gasteiger partial charge in [0.15, 0.2) is 0 Å². The summed E-state index contributed by atoms with van der Waals surface area (Å²) in [7, 11) is 0. The molecule has 1 aromatic rings. The van der Waals surface area contributed by atoms with Gasteiger partial charge in [0.1, 0.15) is 11.5 Å². The number of hydrogen-bond donors (Lipinski definition) is 3. The molecule has 0 aliphatic carbocycles. The van der Waals surface area contributed by atoms with Crippen molar-refractivity contribution in [2.45, 2.75) is 25.8 Å². The lowest BCUT2D eigenvalue weighted by molar-refractivity contribution is 0.0935. The molecule has 0 radical (unpaired) electrons. The third kappa shape index (κ3) is 4.15. The van der Waals surface area contributed by atoms with E-state index in [1.54, 1.807) is 0 Å². The highest BCUT2D eigenvalue weighted by atomic mass is 35.5. The van der Waals surface area contributed by atoms with E-state index >= 15 is 0 Å². The van der Waals surface area contributed by atoms with E-state index in [2.05, 4.69) is 5.32 Å². The molecule has 0 saturated carbocycles. The molecule has 0 aliphatic heterocycles. The average molecular weight is 258 g/mol. The zero-order valence-electron chi connectivity index (χ0n) is 9.61. The van der Waals surface area contributed by atoms with Gasteiger partial charge in [0, 0.05) is 18.0 Å². The lowest BCUT2D eigenvalue weighted by Gasteiger charge is -2.13. The maximum atomic E-state index is 11.8.